The molecule has 1 aliphatic rings. The van der Waals surface area contributed by atoms with E-state index in [1.165, 1.54) is 19.2 Å². The van der Waals surface area contributed by atoms with Crippen LogP contribution in [0.25, 0.3) is 0 Å². The Kier molecular flexibility index (Phi) is 5.67. The molecule has 0 N–H and O–H groups in total. The highest BCUT2D eigenvalue weighted by atomic mass is 35.5. The highest BCUT2D eigenvalue weighted by Crippen LogP contribution is 2.57. The molecule has 1 aliphatic carbocycles. The Bertz CT molecular complexity index is 594. The van der Waals surface area contributed by atoms with Gasteiger partial charge in [-0.1, -0.05) is 34.8 Å². The molecule has 0 spiro atoms. The summed E-state index contributed by atoms with van der Waals surface area (Å²) in [7, 11) is -2.67. The van der Waals surface area contributed by atoms with Crippen LogP contribution in [-0.4, -0.2) is 18.1 Å². The highest BCUT2D eigenvalue weighted by molar-refractivity contribution is 7.48. The zero-order valence-corrected chi connectivity index (χ0v) is 15.3. The minimum absolute atomic E-state index is 0.0371. The Morgan fingerprint density at radius 3 is 2.33 bits per heavy atom. The maximum absolute atomic E-state index is 12.4. The second-order valence-electron chi connectivity index (χ2n) is 4.38. The number of alkyl halides is 2. The van der Waals surface area contributed by atoms with Crippen molar-refractivity contribution in [3.63, 3.8) is 0 Å². The highest BCUT2D eigenvalue weighted by Gasteiger charge is 2.52. The van der Waals surface area contributed by atoms with Crippen LogP contribution in [0.15, 0.2) is 12.1 Å². The number of phosphoric acid groups is 1. The Labute approximate surface area is 147 Å². The fraction of sp³-hybridized carbons (Fsp3) is 0.455. The number of hydrogen-bond donors (Lipinski definition) is 0. The van der Waals surface area contributed by atoms with Crippen molar-refractivity contribution in [2.24, 2.45) is 5.92 Å². The van der Waals surface area contributed by atoms with Crippen LogP contribution < -0.4 is 4.52 Å². The second kappa shape index (κ2) is 6.62. The molecule has 2 unspecified atom stereocenters. The lowest BCUT2D eigenvalue weighted by Crippen LogP contribution is -2.05. The summed E-state index contributed by atoms with van der Waals surface area (Å²) < 4.78 is 26.7. The van der Waals surface area contributed by atoms with E-state index < -0.39 is 12.2 Å². The normalized spacial score (nSPS) is 22.7. The third-order valence-electron chi connectivity index (χ3n) is 2.80. The van der Waals surface area contributed by atoms with E-state index in [4.69, 9.17) is 71.6 Å². The van der Waals surface area contributed by atoms with Crippen molar-refractivity contribution in [2.75, 3.05) is 13.7 Å². The first-order valence-corrected chi connectivity index (χ1v) is 9.04. The molecular formula is C11H10Cl5O4P. The van der Waals surface area contributed by atoms with E-state index in [0.29, 0.717) is 6.42 Å². The molecule has 1 aromatic carbocycles. The van der Waals surface area contributed by atoms with Gasteiger partial charge in [-0.3, -0.25) is 9.05 Å². The van der Waals surface area contributed by atoms with Crippen molar-refractivity contribution >= 4 is 65.8 Å². The van der Waals surface area contributed by atoms with Crippen LogP contribution in [0.1, 0.15) is 6.42 Å². The lowest BCUT2D eigenvalue weighted by Gasteiger charge is -2.17. The number of hydrogen-bond acceptors (Lipinski definition) is 4. The molecule has 4 nitrogen and oxygen atoms in total. The molecule has 21 heavy (non-hydrogen) atoms. The maximum Gasteiger partial charge on any atom is 0.529 e. The third kappa shape index (κ3) is 4.55. The summed E-state index contributed by atoms with van der Waals surface area (Å²) in [5.41, 5.74) is 0. The lowest BCUT2D eigenvalue weighted by molar-refractivity contribution is 0.173. The van der Waals surface area contributed by atoms with Gasteiger partial charge in [0, 0.05) is 19.1 Å². The molecule has 2 rings (SSSR count). The summed E-state index contributed by atoms with van der Waals surface area (Å²) in [6, 6.07) is 2.69. The summed E-state index contributed by atoms with van der Waals surface area (Å²) >= 11 is 29.3. The van der Waals surface area contributed by atoms with Crippen molar-refractivity contribution in [3.05, 3.63) is 27.2 Å². The van der Waals surface area contributed by atoms with Gasteiger partial charge < -0.3 is 4.52 Å². The van der Waals surface area contributed by atoms with E-state index in [2.05, 4.69) is 0 Å². The summed E-state index contributed by atoms with van der Waals surface area (Å²) in [4.78, 5) is 0. The minimum Gasteiger partial charge on any atom is -0.402 e. The van der Waals surface area contributed by atoms with E-state index >= 15 is 0 Å². The topological polar surface area (TPSA) is 44.8 Å². The quantitative estimate of drug-likeness (QED) is 0.326. The molecule has 1 aromatic rings. The van der Waals surface area contributed by atoms with Gasteiger partial charge in [0.15, 0.2) is 5.75 Å². The molecule has 118 valence electrons. The number of benzene rings is 1. The van der Waals surface area contributed by atoms with Gasteiger partial charge in [0.25, 0.3) is 0 Å². The Hall–Kier alpha value is 0.620. The molecule has 0 aliphatic heterocycles. The van der Waals surface area contributed by atoms with E-state index in [1.54, 1.807) is 0 Å². The zero-order valence-electron chi connectivity index (χ0n) is 10.6. The number of halogens is 5. The molecule has 10 heteroatoms. The summed E-state index contributed by atoms with van der Waals surface area (Å²) in [6.07, 6.45) is 0.549. The smallest absolute Gasteiger partial charge is 0.402 e. The average molecular weight is 414 g/mol. The van der Waals surface area contributed by atoms with Gasteiger partial charge in [-0.2, -0.15) is 0 Å². The van der Waals surface area contributed by atoms with Crippen LogP contribution in [0, 0.1) is 5.92 Å². The molecule has 0 radical (unpaired) electrons. The molecule has 0 saturated heterocycles. The van der Waals surface area contributed by atoms with Crippen molar-refractivity contribution in [3.8, 4) is 5.75 Å². The van der Waals surface area contributed by atoms with Crippen LogP contribution in [0.2, 0.25) is 15.1 Å². The Balaban J connectivity index is 2.07. The maximum atomic E-state index is 12.4. The minimum atomic E-state index is -3.86. The first-order valence-electron chi connectivity index (χ1n) is 5.69. The van der Waals surface area contributed by atoms with Crippen LogP contribution in [-0.2, 0) is 13.6 Å². The fourth-order valence-corrected chi connectivity index (χ4v) is 3.56. The van der Waals surface area contributed by atoms with Gasteiger partial charge in [-0.15, -0.1) is 23.2 Å². The van der Waals surface area contributed by atoms with E-state index in [9.17, 15) is 4.57 Å². The van der Waals surface area contributed by atoms with Crippen molar-refractivity contribution in [1.82, 2.24) is 0 Å². The Morgan fingerprint density at radius 2 is 1.81 bits per heavy atom. The van der Waals surface area contributed by atoms with Crippen molar-refractivity contribution in [1.29, 1.82) is 0 Å². The third-order valence-corrected chi connectivity index (χ3v) is 6.07. The van der Waals surface area contributed by atoms with Gasteiger partial charge in [-0.05, 0) is 12.5 Å². The Morgan fingerprint density at radius 1 is 1.24 bits per heavy atom. The van der Waals surface area contributed by atoms with Crippen LogP contribution in [0.3, 0.4) is 0 Å². The molecule has 0 heterocycles. The van der Waals surface area contributed by atoms with E-state index in [-0.39, 0.29) is 33.3 Å². The molecule has 0 amide bonds. The van der Waals surface area contributed by atoms with Crippen molar-refractivity contribution < 1.29 is 18.1 Å². The van der Waals surface area contributed by atoms with Crippen molar-refractivity contribution in [2.45, 2.75) is 10.8 Å². The number of phosphoric ester groups is 1. The van der Waals surface area contributed by atoms with E-state index in [0.717, 1.165) is 0 Å². The van der Waals surface area contributed by atoms with Gasteiger partial charge in [0.1, 0.15) is 4.33 Å². The molecule has 1 saturated carbocycles. The lowest BCUT2D eigenvalue weighted by atomic mass is 10.3. The average Bonchev–Trinajstić information content (AvgIpc) is 3.01. The van der Waals surface area contributed by atoms with Gasteiger partial charge in [-0.25, -0.2) is 4.57 Å². The largest absolute Gasteiger partial charge is 0.529 e. The zero-order chi connectivity index (χ0) is 15.8. The SMILES string of the molecule is COP(=O)(OCC1CC1(Cl)Cl)Oc1cc(Cl)c(Cl)cc1Cl. The first-order chi connectivity index (χ1) is 9.67. The van der Waals surface area contributed by atoms with Crippen LogP contribution in [0.4, 0.5) is 0 Å². The second-order valence-corrected chi connectivity index (χ2v) is 8.84. The number of rotatable bonds is 6. The van der Waals surface area contributed by atoms with E-state index in [1.807, 2.05) is 0 Å². The van der Waals surface area contributed by atoms with Crippen LogP contribution >= 0.6 is 65.8 Å². The summed E-state index contributed by atoms with van der Waals surface area (Å²) in [5, 5.41) is 0.566. The molecule has 0 aromatic heterocycles. The monoisotopic (exact) mass is 412 g/mol. The van der Waals surface area contributed by atoms with Gasteiger partial charge in [0.05, 0.1) is 21.7 Å². The fourth-order valence-electron chi connectivity index (χ4n) is 1.44. The van der Waals surface area contributed by atoms with Crippen LogP contribution in [0.5, 0.6) is 5.75 Å². The standard InChI is InChI=1S/C11H10Cl5O4P/c1-18-21(17,19-5-6-4-11(6,15)16)20-10-3-8(13)7(12)2-9(10)14/h2-3,6H,4-5H2,1H3. The molecule has 0 bridgehead atoms. The molecule has 2 atom stereocenters. The summed E-state index contributed by atoms with van der Waals surface area (Å²) in [5.74, 6) is -0.0905. The molecule has 1 fully saturated rings. The predicted molar refractivity (Wildman–Crippen MR) is 85.2 cm³/mol. The van der Waals surface area contributed by atoms with Gasteiger partial charge in [0.2, 0.25) is 0 Å². The first kappa shape index (κ1) is 18.0. The molecular weight excluding hydrogens is 404 g/mol. The summed E-state index contributed by atoms with van der Waals surface area (Å²) in [6.45, 7) is 0.0387. The van der Waals surface area contributed by atoms with Gasteiger partial charge >= 0.3 is 7.82 Å². The predicted octanol–water partition coefficient (Wildman–Crippen LogP) is 5.99.